The van der Waals surface area contributed by atoms with Gasteiger partial charge in [-0.2, -0.15) is 13.2 Å². The molecule has 0 bridgehead atoms. The number of fused-ring (bicyclic) bond motifs is 1. The Kier molecular flexibility index (Phi) is 12.8. The molecule has 2 aromatic carbocycles. The first kappa shape index (κ1) is 34.0. The molecule has 0 radical (unpaired) electrons. The summed E-state index contributed by atoms with van der Waals surface area (Å²) in [5.41, 5.74) is 4.16. The van der Waals surface area contributed by atoms with Crippen LogP contribution in [0.3, 0.4) is 0 Å². The van der Waals surface area contributed by atoms with E-state index in [9.17, 15) is 35.5 Å². The third-order valence-corrected chi connectivity index (χ3v) is 9.60. The molecule has 2 aromatic rings. The van der Waals surface area contributed by atoms with Crippen LogP contribution in [0.1, 0.15) is 87.3 Å². The summed E-state index contributed by atoms with van der Waals surface area (Å²) in [5, 5.41) is 10.0. The molecule has 234 valence electrons. The predicted octanol–water partition coefficient (Wildman–Crippen LogP) is 8.34. The molecule has 42 heavy (non-hydrogen) atoms. The first-order chi connectivity index (χ1) is 19.8. The largest absolute Gasteiger partial charge is 0.508 e. The van der Waals surface area contributed by atoms with Gasteiger partial charge in [-0.3, -0.25) is 0 Å². The SMILES string of the molecule is CN(CCCCCCC1=C(c2cc(F)ccc2F)CCCc2cc(O)ccc21)CCCCS(=O)(=O)CCCC(F)(F)F. The lowest BCUT2D eigenvalue weighted by molar-refractivity contribution is -0.134. The molecule has 0 fully saturated rings. The number of allylic oxidation sites excluding steroid dienone is 2. The summed E-state index contributed by atoms with van der Waals surface area (Å²) >= 11 is 0. The zero-order valence-corrected chi connectivity index (χ0v) is 25.1. The van der Waals surface area contributed by atoms with Gasteiger partial charge < -0.3 is 10.0 Å². The third kappa shape index (κ3) is 11.3. The molecule has 1 N–H and O–H groups in total. The monoisotopic (exact) mass is 615 g/mol. The van der Waals surface area contributed by atoms with E-state index in [-0.39, 0.29) is 17.9 Å². The van der Waals surface area contributed by atoms with Crippen molar-refractivity contribution in [2.24, 2.45) is 0 Å². The smallest absolute Gasteiger partial charge is 0.389 e. The van der Waals surface area contributed by atoms with E-state index in [4.69, 9.17) is 0 Å². The minimum absolute atomic E-state index is 0.0845. The summed E-state index contributed by atoms with van der Waals surface area (Å²) in [7, 11) is -1.49. The Morgan fingerprint density at radius 2 is 1.52 bits per heavy atom. The van der Waals surface area contributed by atoms with Gasteiger partial charge in [0.2, 0.25) is 0 Å². The highest BCUT2D eigenvalue weighted by atomic mass is 32.2. The Morgan fingerprint density at radius 3 is 2.26 bits per heavy atom. The van der Waals surface area contributed by atoms with Crippen molar-refractivity contribution in [1.29, 1.82) is 0 Å². The highest BCUT2D eigenvalue weighted by Gasteiger charge is 2.27. The van der Waals surface area contributed by atoms with Crippen LogP contribution in [0.5, 0.6) is 5.75 Å². The molecule has 0 saturated heterocycles. The van der Waals surface area contributed by atoms with Gasteiger partial charge in [0.15, 0.2) is 0 Å². The molecule has 0 amide bonds. The molecular formula is C32H42F5NO3S. The highest BCUT2D eigenvalue weighted by Crippen LogP contribution is 2.40. The van der Waals surface area contributed by atoms with Crippen LogP contribution in [-0.2, 0) is 16.3 Å². The van der Waals surface area contributed by atoms with E-state index < -0.39 is 39.8 Å². The zero-order chi connectivity index (χ0) is 30.8. The number of sulfone groups is 1. The highest BCUT2D eigenvalue weighted by molar-refractivity contribution is 7.91. The quantitative estimate of drug-likeness (QED) is 0.152. The van der Waals surface area contributed by atoms with Gasteiger partial charge in [-0.15, -0.1) is 0 Å². The number of unbranched alkanes of at least 4 members (excludes halogenated alkanes) is 4. The third-order valence-electron chi connectivity index (χ3n) is 7.78. The maximum atomic E-state index is 14.8. The topological polar surface area (TPSA) is 57.6 Å². The summed E-state index contributed by atoms with van der Waals surface area (Å²) < 4.78 is 89.5. The van der Waals surface area contributed by atoms with Crippen molar-refractivity contribution in [2.75, 3.05) is 31.6 Å². The molecule has 0 atom stereocenters. The molecule has 1 aliphatic rings. The standard InChI is InChI=1S/C32H42F5NO3S/c1-38(19-6-7-20-42(40,41)21-9-17-32(35,36)37)18-5-3-2-4-11-28-27-15-14-26(39)22-24(27)10-8-12-29(28)30-23-25(33)13-16-31(30)34/h13-16,22-23,39H,2-12,17-21H2,1H3. The number of hydrogen-bond donors (Lipinski definition) is 1. The molecule has 3 rings (SSSR count). The van der Waals surface area contributed by atoms with Crippen LogP contribution in [0.4, 0.5) is 22.0 Å². The second-order valence-electron chi connectivity index (χ2n) is 11.3. The van der Waals surface area contributed by atoms with Crippen molar-refractivity contribution in [3.05, 3.63) is 64.7 Å². The number of alkyl halides is 3. The number of benzene rings is 2. The number of hydrogen-bond acceptors (Lipinski definition) is 4. The molecule has 0 spiro atoms. The van der Waals surface area contributed by atoms with Crippen LogP contribution in [0.15, 0.2) is 36.4 Å². The molecule has 4 nitrogen and oxygen atoms in total. The van der Waals surface area contributed by atoms with E-state index in [2.05, 4.69) is 4.90 Å². The van der Waals surface area contributed by atoms with Crippen molar-refractivity contribution >= 4 is 21.0 Å². The van der Waals surface area contributed by atoms with Crippen molar-refractivity contribution in [3.63, 3.8) is 0 Å². The molecule has 0 aromatic heterocycles. The number of nitrogens with zero attached hydrogens (tertiary/aromatic N) is 1. The Balaban J connectivity index is 1.45. The van der Waals surface area contributed by atoms with Crippen molar-refractivity contribution in [3.8, 4) is 5.75 Å². The minimum atomic E-state index is -4.33. The lowest BCUT2D eigenvalue weighted by Gasteiger charge is -2.18. The lowest BCUT2D eigenvalue weighted by atomic mass is 9.88. The van der Waals surface area contributed by atoms with E-state index in [0.29, 0.717) is 24.8 Å². The number of halogens is 5. The molecule has 0 heterocycles. The Morgan fingerprint density at radius 1 is 0.833 bits per heavy atom. The van der Waals surface area contributed by atoms with Gasteiger partial charge in [0.25, 0.3) is 0 Å². The fourth-order valence-electron chi connectivity index (χ4n) is 5.61. The second kappa shape index (κ2) is 15.8. The van der Waals surface area contributed by atoms with Gasteiger partial charge in [0, 0.05) is 12.0 Å². The number of aryl methyl sites for hydroxylation is 1. The van der Waals surface area contributed by atoms with Gasteiger partial charge in [-0.25, -0.2) is 17.2 Å². The lowest BCUT2D eigenvalue weighted by Crippen LogP contribution is -2.22. The summed E-state index contributed by atoms with van der Waals surface area (Å²) in [6.07, 6.45) is 1.97. The first-order valence-corrected chi connectivity index (χ1v) is 16.6. The first-order valence-electron chi connectivity index (χ1n) is 14.8. The number of aromatic hydroxyl groups is 1. The molecule has 10 heteroatoms. The van der Waals surface area contributed by atoms with E-state index in [1.165, 1.54) is 12.1 Å². The zero-order valence-electron chi connectivity index (χ0n) is 24.3. The predicted molar refractivity (Wildman–Crippen MR) is 158 cm³/mol. The Bertz CT molecular complexity index is 1310. The Hall–Kier alpha value is -2.46. The van der Waals surface area contributed by atoms with Gasteiger partial charge in [0.05, 0.1) is 11.5 Å². The van der Waals surface area contributed by atoms with Gasteiger partial charge in [-0.1, -0.05) is 18.9 Å². The normalized spacial score (nSPS) is 14.4. The van der Waals surface area contributed by atoms with Crippen LogP contribution in [-0.4, -0.2) is 56.2 Å². The van der Waals surface area contributed by atoms with Gasteiger partial charge in [-0.05, 0) is 131 Å². The van der Waals surface area contributed by atoms with Crippen molar-refractivity contribution < 1.29 is 35.5 Å². The molecule has 1 aliphatic carbocycles. The van der Waals surface area contributed by atoms with Crippen LogP contribution in [0.2, 0.25) is 0 Å². The van der Waals surface area contributed by atoms with E-state index in [0.717, 1.165) is 86.4 Å². The van der Waals surface area contributed by atoms with Gasteiger partial charge >= 0.3 is 6.18 Å². The van der Waals surface area contributed by atoms with E-state index in [1.54, 1.807) is 12.1 Å². The summed E-state index contributed by atoms with van der Waals surface area (Å²) in [6, 6.07) is 8.86. The molecule has 0 aliphatic heterocycles. The van der Waals surface area contributed by atoms with Crippen LogP contribution in [0.25, 0.3) is 11.1 Å². The van der Waals surface area contributed by atoms with Crippen LogP contribution >= 0.6 is 0 Å². The fourth-order valence-corrected chi connectivity index (χ4v) is 7.04. The number of rotatable bonds is 16. The molecule has 0 saturated carbocycles. The van der Waals surface area contributed by atoms with Crippen molar-refractivity contribution in [2.45, 2.75) is 83.2 Å². The van der Waals surface area contributed by atoms with Gasteiger partial charge in [0.1, 0.15) is 27.2 Å². The maximum absolute atomic E-state index is 14.8. The van der Waals surface area contributed by atoms with Crippen LogP contribution in [0, 0.1) is 11.6 Å². The summed E-state index contributed by atoms with van der Waals surface area (Å²) in [4.78, 5) is 2.14. The number of phenolic OH excluding ortho intramolecular Hbond substituents is 1. The van der Waals surface area contributed by atoms with Crippen LogP contribution < -0.4 is 0 Å². The Labute approximate surface area is 246 Å². The summed E-state index contributed by atoms with van der Waals surface area (Å²) in [6.45, 7) is 1.57. The number of phenols is 1. The second-order valence-corrected chi connectivity index (χ2v) is 13.6. The maximum Gasteiger partial charge on any atom is 0.389 e. The minimum Gasteiger partial charge on any atom is -0.508 e. The van der Waals surface area contributed by atoms with Crippen molar-refractivity contribution in [1.82, 2.24) is 4.90 Å². The fraction of sp³-hybridized carbons (Fsp3) is 0.562. The summed E-state index contributed by atoms with van der Waals surface area (Å²) in [5.74, 6) is -1.22. The average molecular weight is 616 g/mol. The van der Waals surface area contributed by atoms with E-state index in [1.807, 2.05) is 13.1 Å². The van der Waals surface area contributed by atoms with E-state index >= 15 is 0 Å². The molecule has 0 unspecified atom stereocenters. The molecular weight excluding hydrogens is 573 g/mol. The average Bonchev–Trinajstić information content (AvgIpc) is 3.08.